The number of nitrogens with one attached hydrogen (secondary N) is 1. The van der Waals surface area contributed by atoms with Crippen LogP contribution in [0.15, 0.2) is 45.8 Å². The van der Waals surface area contributed by atoms with Crippen LogP contribution in [0.2, 0.25) is 0 Å². The number of Topliss-reactive ketones (excluding diaryl/α,β-unsaturated/α-hetero) is 1. The van der Waals surface area contributed by atoms with Crippen LogP contribution in [0.5, 0.6) is 5.75 Å². The number of ether oxygens (including phenoxy) is 2. The highest BCUT2D eigenvalue weighted by Crippen LogP contribution is 2.31. The number of para-hydroxylation sites is 1. The Bertz CT molecular complexity index is 998. The molecule has 0 unspecified atom stereocenters. The fourth-order valence-electron chi connectivity index (χ4n) is 2.62. The lowest BCUT2D eigenvalue weighted by atomic mass is 10.00. The van der Waals surface area contributed by atoms with Crippen LogP contribution in [-0.2, 0) is 4.74 Å². The molecule has 0 saturated heterocycles. The number of benzene rings is 1. The van der Waals surface area contributed by atoms with Crippen molar-refractivity contribution in [2.45, 2.75) is 12.8 Å². The Morgan fingerprint density at radius 1 is 1.17 bits per heavy atom. The molecule has 2 aromatic rings. The molecule has 1 heterocycles. The van der Waals surface area contributed by atoms with Crippen molar-refractivity contribution in [3.05, 3.63) is 58.3 Å². The number of fused-ring (bicyclic) bond motifs is 1. The number of esters is 1. The van der Waals surface area contributed by atoms with Gasteiger partial charge in [-0.25, -0.2) is 9.59 Å². The van der Waals surface area contributed by atoms with E-state index in [0.29, 0.717) is 30.9 Å². The van der Waals surface area contributed by atoms with Gasteiger partial charge in [0.2, 0.25) is 23.0 Å². The lowest BCUT2D eigenvalue weighted by molar-refractivity contribution is 0.0586. The minimum Gasteiger partial charge on any atom is -0.464 e. The van der Waals surface area contributed by atoms with E-state index in [1.165, 1.54) is 17.8 Å². The number of aromatic nitrogens is 1. The number of rotatable bonds is 8. The minimum atomic E-state index is -0.846. The topological polar surface area (TPSA) is 125 Å². The summed E-state index contributed by atoms with van der Waals surface area (Å²) in [6.07, 6.45) is 1.96. The molecule has 0 bridgehead atoms. The first kappa shape index (κ1) is 21.3. The minimum absolute atomic E-state index is 0.165. The third-order valence-corrected chi connectivity index (χ3v) is 5.17. The molecular weight excluding hydrogens is 412 g/mol. The van der Waals surface area contributed by atoms with Gasteiger partial charge in [-0.1, -0.05) is 23.4 Å². The van der Waals surface area contributed by atoms with Gasteiger partial charge in [-0.15, -0.1) is 11.8 Å². The van der Waals surface area contributed by atoms with Gasteiger partial charge in [-0.2, -0.15) is 0 Å². The predicted molar refractivity (Wildman–Crippen MR) is 107 cm³/mol. The zero-order valence-electron chi connectivity index (χ0n) is 16.0. The van der Waals surface area contributed by atoms with E-state index in [1.54, 1.807) is 24.3 Å². The van der Waals surface area contributed by atoms with E-state index in [-0.39, 0.29) is 21.9 Å². The van der Waals surface area contributed by atoms with Gasteiger partial charge in [0, 0.05) is 12.6 Å². The fourth-order valence-corrected chi connectivity index (χ4v) is 3.61. The van der Waals surface area contributed by atoms with Crippen LogP contribution in [0.3, 0.4) is 0 Å². The summed E-state index contributed by atoms with van der Waals surface area (Å²) in [5, 5.41) is 6.13. The highest BCUT2D eigenvalue weighted by atomic mass is 32.2. The van der Waals surface area contributed by atoms with Crippen molar-refractivity contribution in [3.8, 4) is 5.75 Å². The molecule has 30 heavy (non-hydrogen) atoms. The van der Waals surface area contributed by atoms with Crippen LogP contribution in [0, 0.1) is 0 Å². The van der Waals surface area contributed by atoms with Crippen molar-refractivity contribution in [2.24, 2.45) is 0 Å². The summed E-state index contributed by atoms with van der Waals surface area (Å²) in [6.45, 7) is 0.403. The van der Waals surface area contributed by atoms with Crippen molar-refractivity contribution in [2.75, 3.05) is 19.4 Å². The third-order valence-electron chi connectivity index (χ3n) is 4.06. The van der Waals surface area contributed by atoms with Gasteiger partial charge in [0.1, 0.15) is 11.3 Å². The van der Waals surface area contributed by atoms with Crippen LogP contribution < -0.4 is 10.1 Å². The molecule has 1 N–H and O–H groups in total. The lowest BCUT2D eigenvalue weighted by Gasteiger charge is -2.10. The number of nitrogens with zero attached hydrogens (tertiary/aromatic N) is 1. The lowest BCUT2D eigenvalue weighted by Crippen LogP contribution is -2.27. The van der Waals surface area contributed by atoms with E-state index in [4.69, 9.17) is 9.26 Å². The molecule has 0 saturated carbocycles. The van der Waals surface area contributed by atoms with Crippen LogP contribution in [0.1, 0.15) is 44.2 Å². The normalized spacial score (nSPS) is 12.8. The fraction of sp³-hybridized carbons (Fsp3) is 0.250. The first-order chi connectivity index (χ1) is 14.5. The summed E-state index contributed by atoms with van der Waals surface area (Å²) in [5.41, 5.74) is -0.472. The second-order valence-electron chi connectivity index (χ2n) is 6.11. The van der Waals surface area contributed by atoms with Crippen molar-refractivity contribution < 1.29 is 33.2 Å². The van der Waals surface area contributed by atoms with Crippen LogP contribution >= 0.6 is 11.8 Å². The highest BCUT2D eigenvalue weighted by molar-refractivity contribution is 8.04. The van der Waals surface area contributed by atoms with Crippen LogP contribution in [0.25, 0.3) is 0 Å². The van der Waals surface area contributed by atoms with E-state index < -0.39 is 23.6 Å². The van der Waals surface area contributed by atoms with E-state index in [2.05, 4.69) is 15.2 Å². The Labute approximate surface area is 175 Å². The Hall–Kier alpha value is -3.40. The van der Waals surface area contributed by atoms with Gasteiger partial charge in [0.25, 0.3) is 0 Å². The molecule has 0 spiro atoms. The summed E-state index contributed by atoms with van der Waals surface area (Å²) >= 11 is 1.19. The number of methoxy groups -OCH3 is 1. The number of hydrogen-bond acceptors (Lipinski definition) is 9. The molecule has 10 heteroatoms. The summed E-state index contributed by atoms with van der Waals surface area (Å²) in [7, 11) is 1.15. The number of ketones is 2. The van der Waals surface area contributed by atoms with Crippen LogP contribution in [-0.4, -0.2) is 48.2 Å². The molecule has 9 nitrogen and oxygen atoms in total. The largest absolute Gasteiger partial charge is 0.464 e. The van der Waals surface area contributed by atoms with Gasteiger partial charge in [-0.3, -0.25) is 9.59 Å². The smallest absolute Gasteiger partial charge is 0.412 e. The molecule has 0 aliphatic heterocycles. The van der Waals surface area contributed by atoms with Gasteiger partial charge in [0.05, 0.1) is 12.0 Å². The molecule has 156 valence electrons. The van der Waals surface area contributed by atoms with Crippen molar-refractivity contribution >= 4 is 35.4 Å². The van der Waals surface area contributed by atoms with Gasteiger partial charge in [-0.05, 0) is 30.7 Å². The summed E-state index contributed by atoms with van der Waals surface area (Å²) in [4.78, 5) is 48.4. The zero-order valence-corrected chi connectivity index (χ0v) is 16.8. The number of hydrogen-bond donors (Lipinski definition) is 1. The molecule has 0 fully saturated rings. The third kappa shape index (κ3) is 4.95. The maximum Gasteiger partial charge on any atom is 0.412 e. The molecular formula is C20H18N2O7S. The number of thioether (sulfide) groups is 1. The summed E-state index contributed by atoms with van der Waals surface area (Å²) < 4.78 is 14.5. The Morgan fingerprint density at radius 2 is 1.93 bits per heavy atom. The Kier molecular flexibility index (Phi) is 7.02. The average molecular weight is 430 g/mol. The summed E-state index contributed by atoms with van der Waals surface area (Å²) in [6, 6.07) is 8.71. The molecule has 0 radical (unpaired) electrons. The van der Waals surface area contributed by atoms with E-state index in [1.807, 2.05) is 6.07 Å². The molecule has 1 aliphatic rings. The highest BCUT2D eigenvalue weighted by Gasteiger charge is 2.36. The molecule has 3 rings (SSSR count). The maximum absolute atomic E-state index is 12.6. The standard InChI is InChI=1S/C20H18N2O7S/c1-27-19(25)16-15-17(24)14(11-13(23)18(15)29-22-16)30-10-6-5-9-21-20(26)28-12-7-3-2-4-8-12/h2-4,7-8,11H,5-6,9-10H2,1H3,(H,21,26). The van der Waals surface area contributed by atoms with Gasteiger partial charge < -0.3 is 19.3 Å². The average Bonchev–Trinajstić information content (AvgIpc) is 3.20. The predicted octanol–water partition coefficient (Wildman–Crippen LogP) is 3.03. The SMILES string of the molecule is COC(=O)c1noc2c1C(=O)C(SCCCCNC(=O)Oc1ccccc1)=CC2=O. The van der Waals surface area contributed by atoms with E-state index >= 15 is 0 Å². The Balaban J connectivity index is 1.44. The van der Waals surface area contributed by atoms with Crippen molar-refractivity contribution in [1.29, 1.82) is 0 Å². The van der Waals surface area contributed by atoms with Crippen molar-refractivity contribution in [3.63, 3.8) is 0 Å². The number of allylic oxidation sites excluding steroid dienone is 2. The number of amides is 1. The van der Waals surface area contributed by atoms with Crippen molar-refractivity contribution in [1.82, 2.24) is 10.5 Å². The second-order valence-corrected chi connectivity index (χ2v) is 7.25. The first-order valence-electron chi connectivity index (χ1n) is 9.03. The van der Waals surface area contributed by atoms with E-state index in [9.17, 15) is 19.2 Å². The maximum atomic E-state index is 12.6. The number of carbonyl (C=O) groups excluding carboxylic acids is 4. The number of carbonyl (C=O) groups is 4. The molecule has 1 aliphatic carbocycles. The van der Waals surface area contributed by atoms with E-state index in [0.717, 1.165) is 7.11 Å². The first-order valence-corrected chi connectivity index (χ1v) is 10.0. The van der Waals surface area contributed by atoms with Gasteiger partial charge >= 0.3 is 12.1 Å². The zero-order chi connectivity index (χ0) is 21.5. The quantitative estimate of drug-likeness (QED) is 0.497. The summed E-state index contributed by atoms with van der Waals surface area (Å²) in [5.74, 6) is -1.14. The number of unbranched alkanes of at least 4 members (excludes halogenated alkanes) is 1. The van der Waals surface area contributed by atoms with Gasteiger partial charge in [0.15, 0.2) is 0 Å². The molecule has 1 amide bonds. The molecule has 1 aromatic carbocycles. The monoisotopic (exact) mass is 430 g/mol. The Morgan fingerprint density at radius 3 is 2.67 bits per heavy atom. The molecule has 0 atom stereocenters. The second kappa shape index (κ2) is 9.88. The van der Waals surface area contributed by atoms with Crippen LogP contribution in [0.4, 0.5) is 4.79 Å². The molecule has 1 aromatic heterocycles.